The minimum Gasteiger partial charge on any atom is -0.503 e. The van der Waals surface area contributed by atoms with Gasteiger partial charge in [0.25, 0.3) is 11.8 Å². The van der Waals surface area contributed by atoms with Gasteiger partial charge in [0.1, 0.15) is 23.0 Å². The van der Waals surface area contributed by atoms with Crippen molar-refractivity contribution in [2.45, 2.75) is 50.9 Å². The molecule has 1 saturated heterocycles. The predicted octanol–water partition coefficient (Wildman–Crippen LogP) is 1.83. The highest BCUT2D eigenvalue weighted by molar-refractivity contribution is 5.99. The van der Waals surface area contributed by atoms with E-state index in [0.717, 1.165) is 6.20 Å². The van der Waals surface area contributed by atoms with E-state index < -0.39 is 69.8 Å². The standard InChI is InChI=1S/C22H22F3N3O5/c1-10-3-4-22(2,33)16-9-27(10)21(32)17-19(30)18(29)13(8-28(16)17)20(31)26-7-12-14(24)5-11(23)6-15(12)25/h5-6,8,10,16,30,33H,3-4,7,9H2,1-2H3,(H,26,31)/t10-,16+,22-/m0/s1. The van der Waals surface area contributed by atoms with Gasteiger partial charge < -0.3 is 25.0 Å². The van der Waals surface area contributed by atoms with Crippen molar-refractivity contribution in [1.29, 1.82) is 0 Å². The number of hydrogen-bond donors (Lipinski definition) is 3. The first-order valence-corrected chi connectivity index (χ1v) is 10.4. The largest absolute Gasteiger partial charge is 0.503 e. The number of rotatable bonds is 3. The van der Waals surface area contributed by atoms with Crippen LogP contribution in [0.2, 0.25) is 0 Å². The summed E-state index contributed by atoms with van der Waals surface area (Å²) in [6, 6.07) is -0.0752. The van der Waals surface area contributed by atoms with Crippen molar-refractivity contribution in [3.63, 3.8) is 0 Å². The molecule has 1 aromatic heterocycles. The molecule has 0 spiro atoms. The average Bonchev–Trinajstić information content (AvgIpc) is 2.83. The Morgan fingerprint density at radius 2 is 1.88 bits per heavy atom. The smallest absolute Gasteiger partial charge is 0.274 e. The molecule has 2 bridgehead atoms. The summed E-state index contributed by atoms with van der Waals surface area (Å²) >= 11 is 0. The Labute approximate surface area is 186 Å². The zero-order valence-corrected chi connectivity index (χ0v) is 17.9. The number of nitrogens with one attached hydrogen (secondary N) is 1. The van der Waals surface area contributed by atoms with Gasteiger partial charge in [0.15, 0.2) is 11.4 Å². The number of aromatic nitrogens is 1. The molecule has 3 heterocycles. The van der Waals surface area contributed by atoms with Crippen molar-refractivity contribution in [2.24, 2.45) is 0 Å². The van der Waals surface area contributed by atoms with Gasteiger partial charge in [0, 0.05) is 43.0 Å². The lowest BCUT2D eigenvalue weighted by atomic mass is 9.90. The first-order valence-electron chi connectivity index (χ1n) is 10.4. The van der Waals surface area contributed by atoms with Gasteiger partial charge >= 0.3 is 0 Å². The fraction of sp³-hybridized carbons (Fsp3) is 0.409. The minimum absolute atomic E-state index is 0.107. The van der Waals surface area contributed by atoms with Gasteiger partial charge in [0.2, 0.25) is 5.43 Å². The number of hydrogen-bond acceptors (Lipinski definition) is 5. The molecule has 2 aliphatic rings. The number of carbonyl (C=O) groups is 2. The van der Waals surface area contributed by atoms with Gasteiger partial charge in [-0.1, -0.05) is 0 Å². The summed E-state index contributed by atoms with van der Waals surface area (Å²) in [5.41, 5.74) is -3.97. The Morgan fingerprint density at radius 3 is 2.52 bits per heavy atom. The second-order valence-electron chi connectivity index (χ2n) is 8.73. The van der Waals surface area contributed by atoms with Crippen molar-refractivity contribution < 1.29 is 33.0 Å². The quantitative estimate of drug-likeness (QED) is 0.641. The molecular formula is C22H22F3N3O5. The van der Waals surface area contributed by atoms with E-state index in [2.05, 4.69) is 5.32 Å². The van der Waals surface area contributed by atoms with Crippen LogP contribution >= 0.6 is 0 Å². The number of aliphatic hydroxyl groups is 1. The maximum Gasteiger partial charge on any atom is 0.274 e. The summed E-state index contributed by atoms with van der Waals surface area (Å²) < 4.78 is 42.0. The third-order valence-corrected chi connectivity index (χ3v) is 6.47. The monoisotopic (exact) mass is 465 g/mol. The number of benzene rings is 1. The van der Waals surface area contributed by atoms with Gasteiger partial charge in [-0.25, -0.2) is 13.2 Å². The van der Waals surface area contributed by atoms with Crippen LogP contribution in [0.3, 0.4) is 0 Å². The lowest BCUT2D eigenvalue weighted by Gasteiger charge is -2.41. The molecule has 0 unspecified atom stereocenters. The van der Waals surface area contributed by atoms with E-state index in [1.165, 1.54) is 9.47 Å². The fourth-order valence-corrected chi connectivity index (χ4v) is 4.44. The molecule has 176 valence electrons. The number of halogens is 3. The highest BCUT2D eigenvalue weighted by Gasteiger charge is 2.46. The Bertz CT molecular complexity index is 1200. The highest BCUT2D eigenvalue weighted by atomic mass is 19.1. The van der Waals surface area contributed by atoms with Crippen LogP contribution in [0.15, 0.2) is 23.1 Å². The lowest BCUT2D eigenvalue weighted by molar-refractivity contribution is -0.00840. The maximum atomic E-state index is 13.9. The van der Waals surface area contributed by atoms with Gasteiger partial charge in [-0.2, -0.15) is 0 Å². The molecule has 0 radical (unpaired) electrons. The number of aromatic hydroxyl groups is 1. The van der Waals surface area contributed by atoms with Crippen LogP contribution < -0.4 is 10.7 Å². The summed E-state index contributed by atoms with van der Waals surface area (Å²) in [6.45, 7) is 2.79. The van der Waals surface area contributed by atoms with Crippen molar-refractivity contribution in [3.8, 4) is 5.75 Å². The number of carbonyl (C=O) groups excluding carboxylic acids is 2. The van der Waals surface area contributed by atoms with E-state index in [9.17, 15) is 37.8 Å². The molecule has 0 saturated carbocycles. The first kappa shape index (κ1) is 22.8. The second kappa shape index (κ2) is 7.91. The van der Waals surface area contributed by atoms with Crippen LogP contribution in [0.25, 0.3) is 0 Å². The van der Waals surface area contributed by atoms with Crippen LogP contribution in [-0.4, -0.2) is 49.7 Å². The van der Waals surface area contributed by atoms with Gasteiger partial charge in [-0.05, 0) is 26.7 Å². The molecule has 33 heavy (non-hydrogen) atoms. The van der Waals surface area contributed by atoms with Gasteiger partial charge in [-0.3, -0.25) is 14.4 Å². The lowest BCUT2D eigenvalue weighted by Crippen LogP contribution is -2.51. The molecule has 0 aliphatic carbocycles. The molecular weight excluding hydrogens is 443 g/mol. The van der Waals surface area contributed by atoms with Crippen LogP contribution in [-0.2, 0) is 6.54 Å². The second-order valence-corrected chi connectivity index (χ2v) is 8.73. The summed E-state index contributed by atoms with van der Waals surface area (Å²) in [5.74, 6) is -6.18. The van der Waals surface area contributed by atoms with Crippen LogP contribution in [0, 0.1) is 17.5 Å². The van der Waals surface area contributed by atoms with Crippen molar-refractivity contribution in [1.82, 2.24) is 14.8 Å². The zero-order valence-electron chi connectivity index (χ0n) is 17.9. The van der Waals surface area contributed by atoms with Crippen molar-refractivity contribution >= 4 is 11.8 Å². The van der Waals surface area contributed by atoms with E-state index in [1.54, 1.807) is 13.8 Å². The molecule has 3 N–H and O–H groups in total. The average molecular weight is 465 g/mol. The fourth-order valence-electron chi connectivity index (χ4n) is 4.44. The Morgan fingerprint density at radius 1 is 1.24 bits per heavy atom. The van der Waals surface area contributed by atoms with Crippen LogP contribution in [0.5, 0.6) is 5.75 Å². The first-order chi connectivity index (χ1) is 15.4. The number of nitrogens with zero attached hydrogens (tertiary/aromatic N) is 2. The van der Waals surface area contributed by atoms with Crippen LogP contribution in [0.4, 0.5) is 13.2 Å². The predicted molar refractivity (Wildman–Crippen MR) is 109 cm³/mol. The number of pyridine rings is 1. The normalized spacial score (nSPS) is 24.3. The molecule has 2 aromatic rings. The van der Waals surface area contributed by atoms with Gasteiger partial charge in [-0.15, -0.1) is 0 Å². The van der Waals surface area contributed by atoms with E-state index in [0.29, 0.717) is 25.0 Å². The molecule has 2 amide bonds. The Balaban J connectivity index is 1.73. The molecule has 3 atom stereocenters. The highest BCUT2D eigenvalue weighted by Crippen LogP contribution is 2.39. The Kier molecular flexibility index (Phi) is 5.47. The molecule has 8 nitrogen and oxygen atoms in total. The summed E-state index contributed by atoms with van der Waals surface area (Å²) in [4.78, 5) is 39.9. The van der Waals surface area contributed by atoms with Crippen LogP contribution in [0.1, 0.15) is 59.1 Å². The third-order valence-electron chi connectivity index (χ3n) is 6.47. The zero-order chi connectivity index (χ0) is 24.2. The van der Waals surface area contributed by atoms with E-state index in [1.807, 2.05) is 0 Å². The van der Waals surface area contributed by atoms with Crippen molar-refractivity contribution in [2.75, 3.05) is 6.54 Å². The molecule has 1 aromatic carbocycles. The van der Waals surface area contributed by atoms with E-state index >= 15 is 0 Å². The minimum atomic E-state index is -1.31. The molecule has 2 aliphatic heterocycles. The topological polar surface area (TPSA) is 112 Å². The summed E-state index contributed by atoms with van der Waals surface area (Å²) in [5, 5.41) is 23.7. The molecule has 11 heteroatoms. The molecule has 4 rings (SSSR count). The SMILES string of the molecule is C[C@H]1CC[C@](C)(O)[C@H]2CN1C(=O)c1c(O)c(=O)c(C(=O)NCc3c(F)cc(F)cc3F)cn12. The Hall–Kier alpha value is -3.34. The maximum absolute atomic E-state index is 13.9. The molecule has 1 fully saturated rings. The number of amides is 2. The summed E-state index contributed by atoms with van der Waals surface area (Å²) in [7, 11) is 0. The van der Waals surface area contributed by atoms with Crippen molar-refractivity contribution in [3.05, 3.63) is 62.8 Å². The van der Waals surface area contributed by atoms with E-state index in [-0.39, 0.29) is 18.3 Å². The van der Waals surface area contributed by atoms with E-state index in [4.69, 9.17) is 0 Å². The third kappa shape index (κ3) is 3.75. The van der Waals surface area contributed by atoms with Gasteiger partial charge in [0.05, 0.1) is 11.6 Å². The number of fused-ring (bicyclic) bond motifs is 4. The summed E-state index contributed by atoms with van der Waals surface area (Å²) in [6.07, 6.45) is 1.89.